The van der Waals surface area contributed by atoms with Gasteiger partial charge in [-0.05, 0) is 83.7 Å². The lowest BCUT2D eigenvalue weighted by atomic mass is 9.62. The lowest BCUT2D eigenvalue weighted by Gasteiger charge is -2.47. The van der Waals surface area contributed by atoms with Crippen molar-refractivity contribution in [1.29, 1.82) is 0 Å². The zero-order valence-electron chi connectivity index (χ0n) is 27.2. The van der Waals surface area contributed by atoms with Gasteiger partial charge in [0.1, 0.15) is 11.7 Å². The summed E-state index contributed by atoms with van der Waals surface area (Å²) in [5.74, 6) is 0. The second-order valence-electron chi connectivity index (χ2n) is 15.6. The van der Waals surface area contributed by atoms with E-state index in [1.54, 1.807) is 0 Å². The fourth-order valence-electron chi connectivity index (χ4n) is 9.21. The molecule has 1 aliphatic heterocycles. The zero-order chi connectivity index (χ0) is 29.0. The van der Waals surface area contributed by atoms with E-state index in [4.69, 9.17) is 4.98 Å². The molecule has 0 amide bonds. The summed E-state index contributed by atoms with van der Waals surface area (Å²) in [7, 11) is 0. The molecule has 2 atom stereocenters. The van der Waals surface area contributed by atoms with Crippen LogP contribution in [0.25, 0.3) is 27.6 Å². The summed E-state index contributed by atoms with van der Waals surface area (Å²) in [4.78, 5) is 5.19. The monoisotopic (exact) mass is 538 g/mol. The van der Waals surface area contributed by atoms with Crippen LogP contribution in [-0.4, -0.2) is 9.38 Å². The molecule has 3 heteroatoms. The number of rotatable bonds is 7. The molecule has 0 saturated carbocycles. The van der Waals surface area contributed by atoms with Gasteiger partial charge in [0.15, 0.2) is 11.0 Å². The van der Waals surface area contributed by atoms with E-state index in [1.165, 1.54) is 81.9 Å². The molecule has 0 bridgehead atoms. The Morgan fingerprint density at radius 3 is 2.20 bits per heavy atom. The van der Waals surface area contributed by atoms with Gasteiger partial charge in [-0.15, -0.1) is 0 Å². The maximum Gasteiger partial charge on any atom is 0.297 e. The average molecular weight is 539 g/mol. The molecule has 3 nitrogen and oxygen atoms in total. The predicted molar refractivity (Wildman–Crippen MR) is 170 cm³/mol. The maximum absolute atomic E-state index is 5.19. The molecule has 40 heavy (non-hydrogen) atoms. The first-order valence-corrected chi connectivity index (χ1v) is 16.1. The lowest BCUT2D eigenvalue weighted by molar-refractivity contribution is -0.728. The smallest absolute Gasteiger partial charge is 0.255 e. The molecule has 1 aliphatic carbocycles. The first-order chi connectivity index (χ1) is 18.7. The number of imidazole rings is 1. The fourth-order valence-corrected chi connectivity index (χ4v) is 9.21. The van der Waals surface area contributed by atoms with E-state index < -0.39 is 0 Å². The number of hydrogen-bond donors (Lipinski definition) is 0. The Labute approximate surface area is 242 Å². The molecule has 2 aliphatic rings. The van der Waals surface area contributed by atoms with E-state index >= 15 is 0 Å². The summed E-state index contributed by atoms with van der Waals surface area (Å²) in [5, 5.41) is 1.38. The van der Waals surface area contributed by atoms with Crippen LogP contribution in [0.1, 0.15) is 143 Å². The SMILES string of the molecule is CCCCCC(C)(C)c1cn2c3cc4c(cc3[n+]3c2c2c(ccnc12)C(C)(CC)C3(C)CC)C(C)(C)CC4(C)C. The number of aromatic nitrogens is 3. The molecule has 0 saturated heterocycles. The maximum atomic E-state index is 5.19. The van der Waals surface area contributed by atoms with E-state index in [0.29, 0.717) is 0 Å². The minimum atomic E-state index is -0.0549. The molecule has 0 N–H and O–H groups in total. The molecular formula is C37H52N3+. The number of nitrogens with zero attached hydrogens (tertiary/aromatic N) is 3. The van der Waals surface area contributed by atoms with Crippen LogP contribution in [0.2, 0.25) is 0 Å². The molecule has 0 radical (unpaired) electrons. The highest BCUT2D eigenvalue weighted by atomic mass is 15.2. The second-order valence-corrected chi connectivity index (χ2v) is 15.6. The number of pyridine rings is 2. The summed E-state index contributed by atoms with van der Waals surface area (Å²) >= 11 is 0. The van der Waals surface area contributed by atoms with E-state index in [-0.39, 0.29) is 27.2 Å². The molecule has 6 rings (SSSR count). The van der Waals surface area contributed by atoms with Crippen molar-refractivity contribution in [2.75, 3.05) is 0 Å². The number of fused-ring (bicyclic) bond motifs is 4. The van der Waals surface area contributed by atoms with Crippen LogP contribution >= 0.6 is 0 Å². The highest BCUT2D eigenvalue weighted by molar-refractivity contribution is 5.99. The van der Waals surface area contributed by atoms with Crippen LogP contribution in [0, 0.1) is 0 Å². The quantitative estimate of drug-likeness (QED) is 0.169. The Morgan fingerprint density at radius 2 is 1.57 bits per heavy atom. The van der Waals surface area contributed by atoms with Gasteiger partial charge in [0.05, 0.1) is 10.9 Å². The van der Waals surface area contributed by atoms with E-state index in [1.807, 2.05) is 0 Å². The van der Waals surface area contributed by atoms with Crippen LogP contribution in [0.3, 0.4) is 0 Å². The minimum absolute atomic E-state index is 0.00579. The molecule has 2 unspecified atom stereocenters. The lowest BCUT2D eigenvalue weighted by Crippen LogP contribution is -2.66. The van der Waals surface area contributed by atoms with Gasteiger partial charge in [0.25, 0.3) is 5.65 Å². The normalized spacial score (nSPS) is 25.0. The molecule has 214 valence electrons. The molecule has 0 spiro atoms. The van der Waals surface area contributed by atoms with Crippen molar-refractivity contribution in [2.24, 2.45) is 0 Å². The first-order valence-electron chi connectivity index (χ1n) is 16.1. The number of unbranched alkanes of at least 4 members (excludes halogenated alkanes) is 2. The molecule has 4 aromatic rings. The van der Waals surface area contributed by atoms with Crippen molar-refractivity contribution in [3.8, 4) is 0 Å². The van der Waals surface area contributed by atoms with Crippen LogP contribution in [0.5, 0.6) is 0 Å². The van der Waals surface area contributed by atoms with E-state index in [0.717, 1.165) is 12.8 Å². The van der Waals surface area contributed by atoms with Gasteiger partial charge in [-0.2, -0.15) is 4.40 Å². The molecular weight excluding hydrogens is 486 g/mol. The van der Waals surface area contributed by atoms with Crippen LogP contribution in [0.15, 0.2) is 30.6 Å². The molecule has 0 fully saturated rings. The van der Waals surface area contributed by atoms with Gasteiger partial charge in [0.2, 0.25) is 0 Å². The van der Waals surface area contributed by atoms with Crippen molar-refractivity contribution in [2.45, 2.75) is 148 Å². The Kier molecular flexibility index (Phi) is 5.93. The third kappa shape index (κ3) is 3.36. The predicted octanol–water partition coefficient (Wildman–Crippen LogP) is 9.55. The largest absolute Gasteiger partial charge is 0.297 e. The Hall–Kier alpha value is -2.42. The third-order valence-electron chi connectivity index (χ3n) is 11.9. The second kappa shape index (κ2) is 8.55. The van der Waals surface area contributed by atoms with Crippen LogP contribution < -0.4 is 4.57 Å². The van der Waals surface area contributed by atoms with Gasteiger partial charge in [0, 0.05) is 17.2 Å². The summed E-state index contributed by atoms with van der Waals surface area (Å²) in [6.45, 7) is 26.8. The highest BCUT2D eigenvalue weighted by Crippen LogP contribution is 2.54. The molecule has 4 heterocycles. The molecule has 3 aromatic heterocycles. The van der Waals surface area contributed by atoms with Crippen LogP contribution in [0.4, 0.5) is 0 Å². The first kappa shape index (κ1) is 27.7. The van der Waals surface area contributed by atoms with Gasteiger partial charge in [-0.25, -0.2) is 4.57 Å². The van der Waals surface area contributed by atoms with Gasteiger partial charge < -0.3 is 0 Å². The Morgan fingerprint density at radius 1 is 0.900 bits per heavy atom. The van der Waals surface area contributed by atoms with Crippen molar-refractivity contribution >= 4 is 27.6 Å². The molecule has 1 aromatic carbocycles. The fraction of sp³-hybridized carbons (Fsp3) is 0.622. The third-order valence-corrected chi connectivity index (χ3v) is 11.9. The number of benzene rings is 1. The van der Waals surface area contributed by atoms with Crippen LogP contribution in [-0.2, 0) is 27.2 Å². The van der Waals surface area contributed by atoms with Gasteiger partial charge in [-0.1, -0.05) is 88.5 Å². The Bertz CT molecular complexity index is 1670. The van der Waals surface area contributed by atoms with Gasteiger partial charge in [-0.3, -0.25) is 4.98 Å². The summed E-state index contributed by atoms with van der Waals surface area (Å²) in [6, 6.07) is 7.51. The summed E-state index contributed by atoms with van der Waals surface area (Å²) in [5.41, 5.74) is 11.6. The van der Waals surface area contributed by atoms with Crippen molar-refractivity contribution < 1.29 is 4.57 Å². The van der Waals surface area contributed by atoms with Crippen molar-refractivity contribution in [3.05, 3.63) is 52.8 Å². The van der Waals surface area contributed by atoms with E-state index in [2.05, 4.69) is 116 Å². The van der Waals surface area contributed by atoms with E-state index in [9.17, 15) is 0 Å². The number of hydrogen-bond acceptors (Lipinski definition) is 1. The topological polar surface area (TPSA) is 21.2 Å². The minimum Gasteiger partial charge on any atom is -0.255 e. The Balaban J connectivity index is 1.84. The standard InChI is InChI=1S/C37H52N3/c1-12-15-16-18-33(4,5)27-22-39-28-20-25-26(35(8,9)23-34(25,6)7)21-29(28)40-32(39)30-24(17-19-38-31(27)30)36(10,13-2)37(40,11)14-3/h17,19-22H,12-16,18,23H2,1-11H3/q+1. The highest BCUT2D eigenvalue weighted by Gasteiger charge is 2.56. The summed E-state index contributed by atoms with van der Waals surface area (Å²) in [6.07, 6.45) is 12.9. The van der Waals surface area contributed by atoms with Crippen molar-refractivity contribution in [3.63, 3.8) is 0 Å². The van der Waals surface area contributed by atoms with Crippen molar-refractivity contribution in [1.82, 2.24) is 9.38 Å². The average Bonchev–Trinajstić information content (AvgIpc) is 3.32. The van der Waals surface area contributed by atoms with Gasteiger partial charge >= 0.3 is 0 Å². The zero-order valence-corrected chi connectivity index (χ0v) is 27.2. The summed E-state index contributed by atoms with van der Waals surface area (Å²) < 4.78 is 5.35.